The maximum Gasteiger partial charge on any atom is 0.261 e. The summed E-state index contributed by atoms with van der Waals surface area (Å²) in [4.78, 5) is 11.8. The summed E-state index contributed by atoms with van der Waals surface area (Å²) >= 11 is 0. The molecule has 0 radical (unpaired) electrons. The van der Waals surface area contributed by atoms with E-state index < -0.39 is 15.9 Å². The molecule has 0 unspecified atom stereocenters. The van der Waals surface area contributed by atoms with Crippen LogP contribution in [0.3, 0.4) is 0 Å². The molecule has 7 nitrogen and oxygen atoms in total. The number of nitrogens with one attached hydrogen (secondary N) is 2. The average Bonchev–Trinajstić information content (AvgIpc) is 2.60. The molecule has 0 fully saturated rings. The molecule has 0 heterocycles. The molecule has 0 saturated heterocycles. The van der Waals surface area contributed by atoms with Gasteiger partial charge in [0.05, 0.1) is 30.4 Å². The number of ether oxygens (including phenoxy) is 2. The second kappa shape index (κ2) is 7.22. The largest absolute Gasteiger partial charge is 0.497 e. The Morgan fingerprint density at radius 2 is 1.79 bits per heavy atom. The van der Waals surface area contributed by atoms with Gasteiger partial charge in [-0.15, -0.1) is 0 Å². The quantitative estimate of drug-likeness (QED) is 0.829. The minimum absolute atomic E-state index is 0.0512. The van der Waals surface area contributed by atoms with E-state index >= 15 is 0 Å². The second-order valence-electron chi connectivity index (χ2n) is 4.78. The van der Waals surface area contributed by atoms with Crippen LogP contribution in [-0.2, 0) is 10.0 Å². The number of carbonyl (C=O) groups is 1. The molecule has 2 aromatic rings. The third-order valence-electron chi connectivity index (χ3n) is 3.27. The summed E-state index contributed by atoms with van der Waals surface area (Å²) in [5.41, 5.74) is 0.486. The number of amides is 1. The van der Waals surface area contributed by atoms with Gasteiger partial charge >= 0.3 is 0 Å². The van der Waals surface area contributed by atoms with Crippen molar-refractivity contribution in [2.75, 3.05) is 26.0 Å². The molecule has 1 amide bonds. The molecular weight excluding hydrogens is 332 g/mol. The van der Waals surface area contributed by atoms with Gasteiger partial charge in [-0.2, -0.15) is 0 Å². The van der Waals surface area contributed by atoms with Crippen LogP contribution in [0.15, 0.2) is 47.4 Å². The summed E-state index contributed by atoms with van der Waals surface area (Å²) in [6.45, 7) is 0. The molecule has 0 aliphatic heterocycles. The Bertz CT molecular complexity index is 849. The lowest BCUT2D eigenvalue weighted by atomic mass is 10.2. The monoisotopic (exact) mass is 350 g/mol. The van der Waals surface area contributed by atoms with Crippen molar-refractivity contribution in [1.82, 2.24) is 5.32 Å². The van der Waals surface area contributed by atoms with Crippen LogP contribution in [0.2, 0.25) is 0 Å². The van der Waals surface area contributed by atoms with Crippen LogP contribution >= 0.6 is 0 Å². The van der Waals surface area contributed by atoms with E-state index in [4.69, 9.17) is 9.47 Å². The predicted molar refractivity (Wildman–Crippen MR) is 90.2 cm³/mol. The van der Waals surface area contributed by atoms with Crippen molar-refractivity contribution in [3.63, 3.8) is 0 Å². The predicted octanol–water partition coefficient (Wildman–Crippen LogP) is 1.86. The summed E-state index contributed by atoms with van der Waals surface area (Å²) in [5, 5.41) is 2.45. The van der Waals surface area contributed by atoms with Gasteiger partial charge in [0.15, 0.2) is 0 Å². The number of hydrogen-bond donors (Lipinski definition) is 2. The fourth-order valence-corrected chi connectivity index (χ4v) is 3.14. The third-order valence-corrected chi connectivity index (χ3v) is 4.65. The molecule has 128 valence electrons. The Kier molecular flexibility index (Phi) is 5.30. The summed E-state index contributed by atoms with van der Waals surface area (Å²) in [7, 11) is 0.487. The summed E-state index contributed by atoms with van der Waals surface area (Å²) < 4.78 is 37.7. The van der Waals surface area contributed by atoms with Gasteiger partial charge in [0.1, 0.15) is 11.5 Å². The normalized spacial score (nSPS) is 10.8. The topological polar surface area (TPSA) is 93.7 Å². The number of carbonyl (C=O) groups excluding carboxylic acids is 1. The Labute approximate surface area is 140 Å². The highest BCUT2D eigenvalue weighted by atomic mass is 32.2. The number of benzene rings is 2. The Balaban J connectivity index is 2.40. The van der Waals surface area contributed by atoms with E-state index in [0.717, 1.165) is 0 Å². The minimum atomic E-state index is -3.87. The zero-order chi connectivity index (χ0) is 17.7. The molecular formula is C16H18N2O5S. The van der Waals surface area contributed by atoms with Gasteiger partial charge in [-0.05, 0) is 30.3 Å². The van der Waals surface area contributed by atoms with Crippen molar-refractivity contribution in [1.29, 1.82) is 0 Å². The van der Waals surface area contributed by atoms with E-state index in [9.17, 15) is 13.2 Å². The smallest absolute Gasteiger partial charge is 0.261 e. The lowest BCUT2D eigenvalue weighted by molar-refractivity contribution is 0.0960. The molecule has 2 aromatic carbocycles. The fourth-order valence-electron chi connectivity index (χ4n) is 2.07. The SMILES string of the molecule is CNC(=O)c1cc(S(=O)(=O)Nc2cccc(OC)c2)ccc1OC. The highest BCUT2D eigenvalue weighted by Crippen LogP contribution is 2.25. The Hall–Kier alpha value is -2.74. The van der Waals surface area contributed by atoms with Gasteiger partial charge < -0.3 is 14.8 Å². The molecule has 8 heteroatoms. The molecule has 0 bridgehead atoms. The lowest BCUT2D eigenvalue weighted by Crippen LogP contribution is -2.20. The standard InChI is InChI=1S/C16H18N2O5S/c1-17-16(19)14-10-13(7-8-15(14)23-3)24(20,21)18-11-5-4-6-12(9-11)22-2/h4-10,18H,1-3H3,(H,17,19). The number of rotatable bonds is 6. The number of sulfonamides is 1. The van der Waals surface area contributed by atoms with E-state index in [1.165, 1.54) is 39.5 Å². The van der Waals surface area contributed by atoms with Crippen LogP contribution in [0.5, 0.6) is 11.5 Å². The second-order valence-corrected chi connectivity index (χ2v) is 6.46. The summed E-state index contributed by atoms with van der Waals surface area (Å²) in [5.74, 6) is 0.371. The van der Waals surface area contributed by atoms with Crippen LogP contribution < -0.4 is 19.5 Å². The van der Waals surface area contributed by atoms with Crippen LogP contribution in [0, 0.1) is 0 Å². The molecule has 0 spiro atoms. The van der Waals surface area contributed by atoms with Gasteiger partial charge in [0, 0.05) is 13.1 Å². The van der Waals surface area contributed by atoms with Crippen LogP contribution in [0.4, 0.5) is 5.69 Å². The van der Waals surface area contributed by atoms with Crippen LogP contribution in [-0.4, -0.2) is 35.6 Å². The fraction of sp³-hybridized carbons (Fsp3) is 0.188. The average molecular weight is 350 g/mol. The molecule has 0 aromatic heterocycles. The molecule has 2 rings (SSSR count). The van der Waals surface area contributed by atoms with Crippen LogP contribution in [0.25, 0.3) is 0 Å². The van der Waals surface area contributed by atoms with Gasteiger partial charge in [-0.1, -0.05) is 6.07 Å². The first kappa shape index (κ1) is 17.6. The maximum atomic E-state index is 12.5. The van der Waals surface area contributed by atoms with Crippen molar-refractivity contribution < 1.29 is 22.7 Å². The number of anilines is 1. The van der Waals surface area contributed by atoms with E-state index in [-0.39, 0.29) is 16.2 Å². The zero-order valence-electron chi connectivity index (χ0n) is 13.5. The third kappa shape index (κ3) is 3.77. The highest BCUT2D eigenvalue weighted by Gasteiger charge is 2.19. The van der Waals surface area contributed by atoms with Crippen molar-refractivity contribution in [3.05, 3.63) is 48.0 Å². The first-order valence-electron chi connectivity index (χ1n) is 6.98. The minimum Gasteiger partial charge on any atom is -0.497 e. The number of methoxy groups -OCH3 is 2. The van der Waals surface area contributed by atoms with Crippen molar-refractivity contribution in [2.24, 2.45) is 0 Å². The van der Waals surface area contributed by atoms with Crippen LogP contribution in [0.1, 0.15) is 10.4 Å². The molecule has 2 N–H and O–H groups in total. The Morgan fingerprint density at radius 1 is 1.04 bits per heavy atom. The molecule has 0 atom stereocenters. The van der Waals surface area contributed by atoms with E-state index in [2.05, 4.69) is 10.0 Å². The van der Waals surface area contributed by atoms with E-state index in [1.807, 2.05) is 0 Å². The van der Waals surface area contributed by atoms with Gasteiger partial charge in [-0.25, -0.2) is 8.42 Å². The molecule has 0 aliphatic rings. The molecule has 0 aliphatic carbocycles. The Morgan fingerprint density at radius 3 is 2.42 bits per heavy atom. The van der Waals surface area contributed by atoms with Crippen molar-refractivity contribution in [2.45, 2.75) is 4.90 Å². The van der Waals surface area contributed by atoms with E-state index in [0.29, 0.717) is 11.4 Å². The highest BCUT2D eigenvalue weighted by molar-refractivity contribution is 7.92. The van der Waals surface area contributed by atoms with E-state index in [1.54, 1.807) is 24.3 Å². The summed E-state index contributed by atoms with van der Waals surface area (Å²) in [6, 6.07) is 10.6. The van der Waals surface area contributed by atoms with Crippen molar-refractivity contribution >= 4 is 21.6 Å². The first-order valence-corrected chi connectivity index (χ1v) is 8.46. The lowest BCUT2D eigenvalue weighted by Gasteiger charge is -2.12. The molecule has 24 heavy (non-hydrogen) atoms. The summed E-state index contributed by atoms with van der Waals surface area (Å²) in [6.07, 6.45) is 0. The van der Waals surface area contributed by atoms with Gasteiger partial charge in [-0.3, -0.25) is 9.52 Å². The molecule has 0 saturated carbocycles. The van der Waals surface area contributed by atoms with Gasteiger partial charge in [0.25, 0.3) is 15.9 Å². The first-order chi connectivity index (χ1) is 11.4. The van der Waals surface area contributed by atoms with Gasteiger partial charge in [0.2, 0.25) is 0 Å². The van der Waals surface area contributed by atoms with Crippen molar-refractivity contribution in [3.8, 4) is 11.5 Å². The zero-order valence-corrected chi connectivity index (χ0v) is 14.3. The maximum absolute atomic E-state index is 12.5. The number of hydrogen-bond acceptors (Lipinski definition) is 5.